The van der Waals surface area contributed by atoms with Crippen LogP contribution in [-0.4, -0.2) is 48.1 Å². The molecule has 0 aliphatic rings. The number of amides is 2. The van der Waals surface area contributed by atoms with E-state index < -0.39 is 18.1 Å². The van der Waals surface area contributed by atoms with E-state index in [1.165, 1.54) is 0 Å². The van der Waals surface area contributed by atoms with Crippen molar-refractivity contribution in [3.63, 3.8) is 0 Å². The van der Waals surface area contributed by atoms with E-state index in [4.69, 9.17) is 23.1 Å². The molecule has 0 fully saturated rings. The molecule has 0 saturated heterocycles. The highest BCUT2D eigenvalue weighted by atomic mass is 35.5. The Balaban J connectivity index is 2.25. The van der Waals surface area contributed by atoms with Crippen LogP contribution in [0, 0.1) is 0 Å². The second kappa shape index (κ2) is 12.4. The van der Waals surface area contributed by atoms with Gasteiger partial charge in [0.2, 0.25) is 11.8 Å². The highest BCUT2D eigenvalue weighted by Gasteiger charge is 2.20. The first kappa shape index (κ1) is 23.1. The van der Waals surface area contributed by atoms with Crippen molar-refractivity contribution >= 4 is 29.2 Å². The number of carbonyl (C=O) groups excluding carboxylic acids is 3. The van der Waals surface area contributed by atoms with E-state index in [1.807, 2.05) is 30.3 Å². The van der Waals surface area contributed by atoms with E-state index >= 15 is 0 Å². The van der Waals surface area contributed by atoms with E-state index in [0.717, 1.165) is 5.56 Å². The topological polar surface area (TPSA) is 127 Å². The minimum Gasteiger partial charge on any atom is -0.354 e. The Morgan fingerprint density at radius 2 is 1.70 bits per heavy atom. The number of rotatable bonds is 12. The monoisotopic (exact) mass is 396 g/mol. The van der Waals surface area contributed by atoms with Crippen molar-refractivity contribution in [2.24, 2.45) is 11.5 Å². The van der Waals surface area contributed by atoms with E-state index in [1.54, 1.807) is 6.92 Å². The van der Waals surface area contributed by atoms with Gasteiger partial charge in [0.15, 0.2) is 5.78 Å². The van der Waals surface area contributed by atoms with Crippen LogP contribution >= 0.6 is 11.6 Å². The fourth-order valence-electron chi connectivity index (χ4n) is 2.46. The maximum absolute atomic E-state index is 12.1. The third-order valence-electron chi connectivity index (χ3n) is 4.17. The van der Waals surface area contributed by atoms with Gasteiger partial charge in [0.05, 0.1) is 18.0 Å². The quantitative estimate of drug-likeness (QED) is 0.302. The second-order valence-electron chi connectivity index (χ2n) is 6.52. The van der Waals surface area contributed by atoms with Gasteiger partial charge in [0, 0.05) is 6.54 Å². The molecule has 0 aliphatic heterocycles. The molecule has 0 spiro atoms. The number of carbonyl (C=O) groups is 3. The Hall–Kier alpha value is -1.96. The van der Waals surface area contributed by atoms with Crippen molar-refractivity contribution in [2.75, 3.05) is 12.4 Å². The fourth-order valence-corrected chi connectivity index (χ4v) is 2.66. The molecule has 150 valence electrons. The summed E-state index contributed by atoms with van der Waals surface area (Å²) in [7, 11) is 0. The van der Waals surface area contributed by atoms with Crippen LogP contribution in [0.25, 0.3) is 0 Å². The Labute approximate surface area is 165 Å². The predicted molar refractivity (Wildman–Crippen MR) is 106 cm³/mol. The van der Waals surface area contributed by atoms with Crippen LogP contribution in [0.15, 0.2) is 30.3 Å². The van der Waals surface area contributed by atoms with Gasteiger partial charge in [0.1, 0.15) is 6.04 Å². The summed E-state index contributed by atoms with van der Waals surface area (Å²) in [6.45, 7) is 2.05. The Bertz CT molecular complexity index is 612. The first-order valence-electron chi connectivity index (χ1n) is 9.07. The van der Waals surface area contributed by atoms with Crippen molar-refractivity contribution in [1.82, 2.24) is 10.6 Å². The van der Waals surface area contributed by atoms with Gasteiger partial charge in [0.25, 0.3) is 0 Å². The lowest BCUT2D eigenvalue weighted by Gasteiger charge is -2.17. The van der Waals surface area contributed by atoms with Crippen molar-refractivity contribution in [3.8, 4) is 0 Å². The number of hydrogen-bond donors (Lipinski definition) is 4. The summed E-state index contributed by atoms with van der Waals surface area (Å²) in [4.78, 5) is 35.5. The normalized spacial score (nSPS) is 14.1. The number of nitrogens with one attached hydrogen (secondary N) is 2. The summed E-state index contributed by atoms with van der Waals surface area (Å²) in [5, 5.41) is 5.37. The van der Waals surface area contributed by atoms with Gasteiger partial charge in [-0.25, -0.2) is 0 Å². The third-order valence-corrected chi connectivity index (χ3v) is 4.44. The zero-order chi connectivity index (χ0) is 20.2. The lowest BCUT2D eigenvalue weighted by atomic mass is 10.1. The second-order valence-corrected chi connectivity index (χ2v) is 6.79. The van der Waals surface area contributed by atoms with Crippen LogP contribution in [-0.2, 0) is 20.8 Å². The van der Waals surface area contributed by atoms with Gasteiger partial charge in [-0.2, -0.15) is 0 Å². The number of nitrogens with two attached hydrogens (primary N) is 2. The average Bonchev–Trinajstić information content (AvgIpc) is 2.67. The minimum absolute atomic E-state index is 0.0818. The van der Waals surface area contributed by atoms with Crippen molar-refractivity contribution in [1.29, 1.82) is 0 Å². The van der Waals surface area contributed by atoms with Crippen LogP contribution < -0.4 is 22.1 Å². The summed E-state index contributed by atoms with van der Waals surface area (Å²) in [6, 6.07) is 7.50. The van der Waals surface area contributed by atoms with Crippen LogP contribution in [0.2, 0.25) is 0 Å². The van der Waals surface area contributed by atoms with Crippen molar-refractivity contribution in [3.05, 3.63) is 35.9 Å². The number of ketones is 1. The van der Waals surface area contributed by atoms with Gasteiger partial charge in [-0.15, -0.1) is 11.6 Å². The van der Waals surface area contributed by atoms with E-state index in [0.29, 0.717) is 32.2 Å². The standard InChI is InChI=1S/C19H29ClN4O3/c1-13(18(26)23-10-6-5-9-15(21)17(25)12-20)24-19(27)16(22)11-14-7-3-2-4-8-14/h2-4,7-8,13,15-16H,5-6,9-12,21-22H2,1H3,(H,23,26)(H,24,27)/t13-,15?,16-/m0/s1. The molecule has 1 aromatic carbocycles. The van der Waals surface area contributed by atoms with Crippen LogP contribution in [0.5, 0.6) is 0 Å². The lowest BCUT2D eigenvalue weighted by molar-refractivity contribution is -0.129. The molecular weight excluding hydrogens is 368 g/mol. The minimum atomic E-state index is -0.719. The molecule has 0 bridgehead atoms. The molecule has 0 radical (unpaired) electrons. The predicted octanol–water partition coefficient (Wildman–Crippen LogP) is 0.483. The summed E-state index contributed by atoms with van der Waals surface area (Å²) in [6.07, 6.45) is 2.32. The first-order valence-corrected chi connectivity index (χ1v) is 9.60. The molecule has 0 aromatic heterocycles. The van der Waals surface area contributed by atoms with E-state index in [2.05, 4.69) is 10.6 Å². The zero-order valence-corrected chi connectivity index (χ0v) is 16.4. The molecule has 1 rings (SSSR count). The summed E-state index contributed by atoms with van der Waals surface area (Å²) < 4.78 is 0. The van der Waals surface area contributed by atoms with Gasteiger partial charge in [-0.05, 0) is 38.2 Å². The number of alkyl halides is 1. The molecule has 27 heavy (non-hydrogen) atoms. The highest BCUT2D eigenvalue weighted by molar-refractivity contribution is 6.28. The van der Waals surface area contributed by atoms with E-state index in [9.17, 15) is 14.4 Å². The molecule has 0 saturated carbocycles. The summed E-state index contributed by atoms with van der Waals surface area (Å²) >= 11 is 5.44. The zero-order valence-electron chi connectivity index (χ0n) is 15.6. The van der Waals surface area contributed by atoms with Crippen LogP contribution in [0.1, 0.15) is 31.7 Å². The third kappa shape index (κ3) is 8.99. The number of halogens is 1. The molecule has 6 N–H and O–H groups in total. The molecule has 3 atom stereocenters. The van der Waals surface area contributed by atoms with Gasteiger partial charge in [-0.1, -0.05) is 30.3 Å². The number of benzene rings is 1. The Morgan fingerprint density at radius 3 is 2.33 bits per heavy atom. The molecule has 2 amide bonds. The number of Topliss-reactive ketones (excluding diaryl/α,β-unsaturated/α-hetero) is 1. The first-order chi connectivity index (χ1) is 12.8. The Morgan fingerprint density at radius 1 is 1.04 bits per heavy atom. The molecule has 0 aliphatic carbocycles. The highest BCUT2D eigenvalue weighted by Crippen LogP contribution is 2.03. The van der Waals surface area contributed by atoms with Gasteiger partial charge < -0.3 is 22.1 Å². The van der Waals surface area contributed by atoms with Crippen LogP contribution in [0.3, 0.4) is 0 Å². The Kier molecular flexibility index (Phi) is 10.6. The van der Waals surface area contributed by atoms with Crippen LogP contribution in [0.4, 0.5) is 0 Å². The maximum Gasteiger partial charge on any atom is 0.242 e. The summed E-state index contributed by atoms with van der Waals surface area (Å²) in [5.41, 5.74) is 12.5. The summed E-state index contributed by atoms with van der Waals surface area (Å²) in [5.74, 6) is -0.908. The largest absolute Gasteiger partial charge is 0.354 e. The molecule has 8 heteroatoms. The fraction of sp³-hybridized carbons (Fsp3) is 0.526. The smallest absolute Gasteiger partial charge is 0.242 e. The maximum atomic E-state index is 12.1. The van der Waals surface area contributed by atoms with Gasteiger partial charge >= 0.3 is 0 Å². The molecule has 7 nitrogen and oxygen atoms in total. The number of hydrogen-bond acceptors (Lipinski definition) is 5. The van der Waals surface area contributed by atoms with E-state index in [-0.39, 0.29) is 23.5 Å². The average molecular weight is 397 g/mol. The van der Waals surface area contributed by atoms with Crippen molar-refractivity contribution < 1.29 is 14.4 Å². The van der Waals surface area contributed by atoms with Crippen molar-refractivity contribution in [2.45, 2.75) is 50.7 Å². The lowest BCUT2D eigenvalue weighted by Crippen LogP contribution is -2.51. The molecule has 0 heterocycles. The SMILES string of the molecule is C[C@H](NC(=O)[C@@H](N)Cc1ccccc1)C(=O)NCCCCC(N)C(=O)CCl. The molecule has 1 unspecified atom stereocenters. The molecule has 1 aromatic rings. The van der Waals surface area contributed by atoms with Gasteiger partial charge in [-0.3, -0.25) is 14.4 Å². The molecular formula is C19H29ClN4O3. The number of unbranched alkanes of at least 4 members (excludes halogenated alkanes) is 1.